The van der Waals surface area contributed by atoms with E-state index in [2.05, 4.69) is 10.1 Å². The standard InChI is InChI=1S/C11H10N4O3S/c1-2-9-12-11-14(13-9)10(16)7-5-6(15(17)18)3-4-8(7)19-11/h3-5,10,16H,2H2,1H3/t10-/m1/s1. The Kier molecular flexibility index (Phi) is 2.76. The Morgan fingerprint density at radius 1 is 1.58 bits per heavy atom. The van der Waals surface area contributed by atoms with Crippen LogP contribution in [0.15, 0.2) is 28.3 Å². The Morgan fingerprint density at radius 2 is 2.37 bits per heavy atom. The van der Waals surface area contributed by atoms with Gasteiger partial charge in [-0.2, -0.15) is 5.10 Å². The average Bonchev–Trinajstić information content (AvgIpc) is 2.82. The van der Waals surface area contributed by atoms with E-state index in [0.717, 1.165) is 4.90 Å². The largest absolute Gasteiger partial charge is 0.368 e. The summed E-state index contributed by atoms with van der Waals surface area (Å²) >= 11 is 1.35. The van der Waals surface area contributed by atoms with Gasteiger partial charge in [-0.3, -0.25) is 10.1 Å². The zero-order chi connectivity index (χ0) is 13.6. The van der Waals surface area contributed by atoms with Crippen LogP contribution in [0.3, 0.4) is 0 Å². The van der Waals surface area contributed by atoms with Crippen molar-refractivity contribution in [3.8, 4) is 0 Å². The molecule has 1 aliphatic heterocycles. The van der Waals surface area contributed by atoms with Crippen molar-refractivity contribution < 1.29 is 10.0 Å². The van der Waals surface area contributed by atoms with Gasteiger partial charge in [0.25, 0.3) is 5.69 Å². The number of aliphatic hydroxyl groups excluding tert-OH is 1. The topological polar surface area (TPSA) is 94.1 Å². The van der Waals surface area contributed by atoms with Gasteiger partial charge in [-0.15, -0.1) is 0 Å². The van der Waals surface area contributed by atoms with Gasteiger partial charge in [0.15, 0.2) is 17.2 Å². The third-order valence-corrected chi connectivity index (χ3v) is 3.93. The Bertz CT molecular complexity index is 670. The summed E-state index contributed by atoms with van der Waals surface area (Å²) in [5.74, 6) is 0.642. The average molecular weight is 278 g/mol. The summed E-state index contributed by atoms with van der Waals surface area (Å²) in [5.41, 5.74) is 0.442. The van der Waals surface area contributed by atoms with Crippen molar-refractivity contribution in [1.29, 1.82) is 0 Å². The van der Waals surface area contributed by atoms with Crippen LogP contribution in [0, 0.1) is 10.1 Å². The fourth-order valence-corrected chi connectivity index (χ4v) is 2.90. The van der Waals surface area contributed by atoms with Crippen molar-refractivity contribution in [2.45, 2.75) is 29.6 Å². The minimum Gasteiger partial charge on any atom is -0.368 e. The van der Waals surface area contributed by atoms with Crippen molar-refractivity contribution in [2.75, 3.05) is 0 Å². The van der Waals surface area contributed by atoms with Crippen LogP contribution in [-0.4, -0.2) is 24.8 Å². The summed E-state index contributed by atoms with van der Waals surface area (Å²) in [6.07, 6.45) is -0.358. The van der Waals surface area contributed by atoms with Gasteiger partial charge >= 0.3 is 0 Å². The summed E-state index contributed by atoms with van der Waals surface area (Å²) in [6, 6.07) is 4.43. The number of hydrogen-bond donors (Lipinski definition) is 1. The highest BCUT2D eigenvalue weighted by molar-refractivity contribution is 7.99. The lowest BCUT2D eigenvalue weighted by atomic mass is 10.1. The first kappa shape index (κ1) is 12.1. The molecule has 19 heavy (non-hydrogen) atoms. The normalized spacial score (nSPS) is 16.8. The lowest BCUT2D eigenvalue weighted by Crippen LogP contribution is -2.17. The fourth-order valence-electron chi connectivity index (χ4n) is 1.90. The molecule has 0 radical (unpaired) electrons. The minimum atomic E-state index is -1.03. The molecule has 0 saturated carbocycles. The van der Waals surface area contributed by atoms with Crippen LogP contribution in [0.4, 0.5) is 5.69 Å². The van der Waals surface area contributed by atoms with E-state index in [1.807, 2.05) is 6.92 Å². The summed E-state index contributed by atoms with van der Waals surface area (Å²) in [4.78, 5) is 15.4. The van der Waals surface area contributed by atoms with E-state index in [1.54, 1.807) is 6.07 Å². The summed E-state index contributed by atoms with van der Waals surface area (Å²) in [5, 5.41) is 25.8. The Morgan fingerprint density at radius 3 is 3.05 bits per heavy atom. The number of fused-ring (bicyclic) bond motifs is 2. The Balaban J connectivity index is 2.09. The molecule has 0 bridgehead atoms. The van der Waals surface area contributed by atoms with Gasteiger partial charge in [-0.1, -0.05) is 6.92 Å². The second-order valence-electron chi connectivity index (χ2n) is 4.06. The molecule has 2 aromatic rings. The quantitative estimate of drug-likeness (QED) is 0.664. The van der Waals surface area contributed by atoms with Crippen LogP contribution in [-0.2, 0) is 6.42 Å². The van der Waals surface area contributed by atoms with Crippen LogP contribution in [0.2, 0.25) is 0 Å². The number of nitro benzene ring substituents is 1. The number of aryl methyl sites for hydroxylation is 1. The van der Waals surface area contributed by atoms with Crippen LogP contribution in [0.1, 0.15) is 24.5 Å². The number of nitro groups is 1. The van der Waals surface area contributed by atoms with Crippen LogP contribution in [0.25, 0.3) is 0 Å². The molecule has 1 aliphatic rings. The second kappa shape index (κ2) is 4.32. The smallest absolute Gasteiger partial charge is 0.269 e. The zero-order valence-electron chi connectivity index (χ0n) is 9.98. The van der Waals surface area contributed by atoms with Gasteiger partial charge < -0.3 is 5.11 Å². The summed E-state index contributed by atoms with van der Waals surface area (Å²) < 4.78 is 1.40. The molecule has 2 heterocycles. The van der Waals surface area contributed by atoms with Crippen molar-refractivity contribution in [2.24, 2.45) is 0 Å². The zero-order valence-corrected chi connectivity index (χ0v) is 10.8. The summed E-state index contributed by atoms with van der Waals surface area (Å²) in [7, 11) is 0. The molecule has 98 valence electrons. The molecule has 0 aliphatic carbocycles. The van der Waals surface area contributed by atoms with Crippen molar-refractivity contribution in [3.05, 3.63) is 39.7 Å². The van der Waals surface area contributed by atoms with E-state index in [4.69, 9.17) is 0 Å². The molecule has 0 unspecified atom stereocenters. The molecule has 1 aromatic heterocycles. The predicted molar refractivity (Wildman–Crippen MR) is 67.0 cm³/mol. The van der Waals surface area contributed by atoms with Crippen molar-refractivity contribution in [1.82, 2.24) is 14.8 Å². The molecule has 1 atom stereocenters. The highest BCUT2D eigenvalue weighted by atomic mass is 32.2. The molecule has 7 nitrogen and oxygen atoms in total. The second-order valence-corrected chi connectivity index (χ2v) is 5.07. The van der Waals surface area contributed by atoms with E-state index >= 15 is 0 Å². The maximum absolute atomic E-state index is 10.8. The first-order valence-electron chi connectivity index (χ1n) is 5.70. The predicted octanol–water partition coefficient (Wildman–Crippen LogP) is 1.75. The number of benzene rings is 1. The maximum Gasteiger partial charge on any atom is 0.269 e. The maximum atomic E-state index is 10.8. The SMILES string of the molecule is CCc1nc2n(n1)[C@H](O)c1cc([N+](=O)[O-])ccc1S2. The number of hydrogen-bond acceptors (Lipinski definition) is 6. The highest BCUT2D eigenvalue weighted by Gasteiger charge is 2.28. The Labute approximate surface area is 112 Å². The van der Waals surface area contributed by atoms with Crippen LogP contribution in [0.5, 0.6) is 0 Å². The molecule has 0 spiro atoms. The van der Waals surface area contributed by atoms with Crippen LogP contribution >= 0.6 is 11.8 Å². The van der Waals surface area contributed by atoms with E-state index in [9.17, 15) is 15.2 Å². The monoisotopic (exact) mass is 278 g/mol. The van der Waals surface area contributed by atoms with Crippen LogP contribution < -0.4 is 0 Å². The molecule has 0 saturated heterocycles. The van der Waals surface area contributed by atoms with E-state index < -0.39 is 11.2 Å². The first-order valence-corrected chi connectivity index (χ1v) is 6.51. The van der Waals surface area contributed by atoms with Gasteiger partial charge in [-0.05, 0) is 17.8 Å². The fraction of sp³-hybridized carbons (Fsp3) is 0.273. The Hall–Kier alpha value is -1.93. The van der Waals surface area contributed by atoms with Gasteiger partial charge in [0, 0.05) is 29.0 Å². The molecule has 0 amide bonds. The van der Waals surface area contributed by atoms with Gasteiger partial charge in [-0.25, -0.2) is 9.67 Å². The number of nitrogens with zero attached hydrogens (tertiary/aromatic N) is 4. The first-order chi connectivity index (χ1) is 9.10. The van der Waals surface area contributed by atoms with Crippen molar-refractivity contribution in [3.63, 3.8) is 0 Å². The van der Waals surface area contributed by atoms with E-state index in [1.165, 1.54) is 28.6 Å². The molecule has 0 fully saturated rings. The lowest BCUT2D eigenvalue weighted by Gasteiger charge is -2.21. The molecular formula is C11H10N4O3S. The van der Waals surface area contributed by atoms with Gasteiger partial charge in [0.2, 0.25) is 0 Å². The third-order valence-electron chi connectivity index (χ3n) is 2.88. The molecular weight excluding hydrogens is 268 g/mol. The molecule has 8 heteroatoms. The minimum absolute atomic E-state index is 0.0438. The van der Waals surface area contributed by atoms with Crippen molar-refractivity contribution >= 4 is 17.4 Å². The van der Waals surface area contributed by atoms with Gasteiger partial charge in [0.1, 0.15) is 0 Å². The third kappa shape index (κ3) is 1.89. The number of aromatic nitrogens is 3. The molecule has 3 rings (SSSR count). The van der Waals surface area contributed by atoms with Gasteiger partial charge in [0.05, 0.1) is 4.92 Å². The molecule has 1 N–H and O–H groups in total. The van der Waals surface area contributed by atoms with E-state index in [0.29, 0.717) is 23.0 Å². The molecule has 1 aromatic carbocycles. The number of non-ortho nitro benzene ring substituents is 1. The number of aliphatic hydroxyl groups is 1. The number of rotatable bonds is 2. The lowest BCUT2D eigenvalue weighted by molar-refractivity contribution is -0.385. The highest BCUT2D eigenvalue weighted by Crippen LogP contribution is 2.40. The van der Waals surface area contributed by atoms with E-state index in [-0.39, 0.29) is 5.69 Å². The summed E-state index contributed by atoms with van der Waals surface area (Å²) in [6.45, 7) is 1.93.